The highest BCUT2D eigenvalue weighted by atomic mass is 32.1. The standard InChI is InChI=1S/C34H40N6OS/c1-6-38(7-2)26-15-17-27(18-16-26)40-24(4)22-28(25(40)5)33-32(30-14-10-11-20-35-30)37-34(42)39(33)21-19-31(41)36-29-13-9-8-12-23(29)3/h8-18,20,22,32-33H,6-7,19,21H2,1-5H3,(H,36,41)(H,37,42)/t32-,33-/m0/s1. The number of carbonyl (C=O) groups is 1. The summed E-state index contributed by atoms with van der Waals surface area (Å²) in [5, 5.41) is 7.22. The van der Waals surface area contributed by atoms with E-state index in [0.717, 1.165) is 47.1 Å². The van der Waals surface area contributed by atoms with Crippen LogP contribution in [0, 0.1) is 20.8 Å². The number of benzene rings is 2. The largest absolute Gasteiger partial charge is 0.372 e. The Morgan fingerprint density at radius 2 is 1.71 bits per heavy atom. The van der Waals surface area contributed by atoms with Crippen LogP contribution < -0.4 is 15.5 Å². The van der Waals surface area contributed by atoms with E-state index in [4.69, 9.17) is 12.2 Å². The maximum Gasteiger partial charge on any atom is 0.226 e. The highest BCUT2D eigenvalue weighted by Crippen LogP contribution is 2.41. The Labute approximate surface area is 254 Å². The minimum atomic E-state index is -0.142. The lowest BCUT2D eigenvalue weighted by Crippen LogP contribution is -2.33. The number of nitrogens with one attached hydrogen (secondary N) is 2. The van der Waals surface area contributed by atoms with Crippen LogP contribution in [0.2, 0.25) is 0 Å². The Bertz CT molecular complexity index is 1540. The van der Waals surface area contributed by atoms with E-state index < -0.39 is 0 Å². The number of hydrogen-bond donors (Lipinski definition) is 2. The molecule has 5 rings (SSSR count). The first-order valence-electron chi connectivity index (χ1n) is 14.7. The van der Waals surface area contributed by atoms with Crippen LogP contribution >= 0.6 is 12.2 Å². The molecular weight excluding hydrogens is 540 g/mol. The molecule has 1 amide bonds. The van der Waals surface area contributed by atoms with E-state index in [1.807, 2.05) is 55.6 Å². The zero-order valence-electron chi connectivity index (χ0n) is 25.1. The van der Waals surface area contributed by atoms with Crippen molar-refractivity contribution in [2.45, 2.75) is 53.1 Å². The highest BCUT2D eigenvalue weighted by molar-refractivity contribution is 7.80. The molecule has 2 aromatic heterocycles. The molecule has 0 bridgehead atoms. The number of para-hydroxylation sites is 1. The van der Waals surface area contributed by atoms with E-state index in [2.05, 4.69) is 88.0 Å². The number of anilines is 2. The van der Waals surface area contributed by atoms with Gasteiger partial charge in [-0.05, 0) is 106 Å². The molecule has 2 N–H and O–H groups in total. The van der Waals surface area contributed by atoms with Gasteiger partial charge in [-0.3, -0.25) is 9.78 Å². The van der Waals surface area contributed by atoms with Crippen molar-refractivity contribution in [3.63, 3.8) is 0 Å². The van der Waals surface area contributed by atoms with Gasteiger partial charge in [-0.15, -0.1) is 0 Å². The first kappa shape index (κ1) is 29.3. The molecule has 8 heteroatoms. The van der Waals surface area contributed by atoms with Crippen molar-refractivity contribution in [1.82, 2.24) is 19.8 Å². The van der Waals surface area contributed by atoms with Crippen LogP contribution in [0.15, 0.2) is 79.0 Å². The van der Waals surface area contributed by atoms with Gasteiger partial charge in [-0.25, -0.2) is 0 Å². The summed E-state index contributed by atoms with van der Waals surface area (Å²) in [6.45, 7) is 13.1. The van der Waals surface area contributed by atoms with Gasteiger partial charge in [-0.2, -0.15) is 0 Å². The van der Waals surface area contributed by atoms with Crippen LogP contribution in [0.1, 0.15) is 60.6 Å². The summed E-state index contributed by atoms with van der Waals surface area (Å²) < 4.78 is 2.31. The van der Waals surface area contributed by atoms with E-state index >= 15 is 0 Å². The Kier molecular flexibility index (Phi) is 8.92. The fourth-order valence-corrected chi connectivity index (χ4v) is 6.35. The molecule has 0 saturated carbocycles. The molecule has 1 fully saturated rings. The minimum Gasteiger partial charge on any atom is -0.372 e. The lowest BCUT2D eigenvalue weighted by atomic mass is 9.96. The molecule has 0 aliphatic carbocycles. The van der Waals surface area contributed by atoms with E-state index in [1.165, 1.54) is 11.3 Å². The first-order valence-corrected chi connectivity index (χ1v) is 15.1. The maximum absolute atomic E-state index is 13.0. The lowest BCUT2D eigenvalue weighted by Gasteiger charge is -2.28. The van der Waals surface area contributed by atoms with Crippen LogP contribution in [0.4, 0.5) is 11.4 Å². The Hall–Kier alpha value is -4.17. The number of nitrogens with zero attached hydrogens (tertiary/aromatic N) is 4. The van der Waals surface area contributed by atoms with Crippen molar-refractivity contribution < 1.29 is 4.79 Å². The Morgan fingerprint density at radius 3 is 2.38 bits per heavy atom. The fraction of sp³-hybridized carbons (Fsp3) is 0.324. The van der Waals surface area contributed by atoms with Gasteiger partial charge in [0.05, 0.1) is 17.8 Å². The monoisotopic (exact) mass is 580 g/mol. The number of hydrogen-bond acceptors (Lipinski definition) is 4. The summed E-state index contributed by atoms with van der Waals surface area (Å²) in [5.41, 5.74) is 8.61. The number of carbonyl (C=O) groups excluding carboxylic acids is 1. The van der Waals surface area contributed by atoms with E-state index in [1.54, 1.807) is 0 Å². The van der Waals surface area contributed by atoms with Crippen molar-refractivity contribution in [2.24, 2.45) is 0 Å². The third kappa shape index (κ3) is 5.90. The average Bonchev–Trinajstić information content (AvgIpc) is 3.48. The number of aryl methyl sites for hydroxylation is 2. The summed E-state index contributed by atoms with van der Waals surface area (Å²) in [5.74, 6) is -0.0362. The van der Waals surface area contributed by atoms with E-state index in [9.17, 15) is 4.79 Å². The number of thiocarbonyl (C=S) groups is 1. The highest BCUT2D eigenvalue weighted by Gasteiger charge is 2.41. The van der Waals surface area contributed by atoms with E-state index in [0.29, 0.717) is 18.1 Å². The molecule has 1 saturated heterocycles. The molecule has 2 atom stereocenters. The van der Waals surface area contributed by atoms with Gasteiger partial charge in [0.15, 0.2) is 5.11 Å². The third-order valence-corrected chi connectivity index (χ3v) is 8.57. The molecule has 1 aliphatic rings. The Morgan fingerprint density at radius 1 is 1.00 bits per heavy atom. The molecule has 3 heterocycles. The molecule has 0 unspecified atom stereocenters. The zero-order chi connectivity index (χ0) is 29.8. The van der Waals surface area contributed by atoms with Crippen LogP contribution in [-0.4, -0.2) is 45.1 Å². The summed E-state index contributed by atoms with van der Waals surface area (Å²) >= 11 is 5.88. The third-order valence-electron chi connectivity index (χ3n) is 8.22. The summed E-state index contributed by atoms with van der Waals surface area (Å²) in [7, 11) is 0. The van der Waals surface area contributed by atoms with Crippen LogP contribution in [0.3, 0.4) is 0 Å². The van der Waals surface area contributed by atoms with Crippen LogP contribution in [0.5, 0.6) is 0 Å². The van der Waals surface area contributed by atoms with Gasteiger partial charge < -0.3 is 25.0 Å². The smallest absolute Gasteiger partial charge is 0.226 e. The second kappa shape index (κ2) is 12.8. The molecule has 7 nitrogen and oxygen atoms in total. The SMILES string of the molecule is CCN(CC)c1ccc(-n2c(C)cc([C@H]3[C@H](c4ccccn4)NC(=S)N3CCC(=O)Nc3ccccc3C)c2C)cc1. The molecular formula is C34H40N6OS. The van der Waals surface area contributed by atoms with Crippen molar-refractivity contribution >= 4 is 34.6 Å². The molecule has 218 valence electrons. The van der Waals surface area contributed by atoms with Gasteiger partial charge in [-0.1, -0.05) is 24.3 Å². The number of aromatic nitrogens is 2. The maximum atomic E-state index is 13.0. The topological polar surface area (TPSA) is 65.4 Å². The predicted octanol–water partition coefficient (Wildman–Crippen LogP) is 6.65. The van der Waals surface area contributed by atoms with Crippen molar-refractivity contribution in [3.05, 3.63) is 107 Å². The number of pyridine rings is 1. The molecule has 42 heavy (non-hydrogen) atoms. The lowest BCUT2D eigenvalue weighted by molar-refractivity contribution is -0.116. The molecule has 1 aliphatic heterocycles. The second-order valence-corrected chi connectivity index (χ2v) is 11.2. The van der Waals surface area contributed by atoms with Crippen LogP contribution in [-0.2, 0) is 4.79 Å². The number of rotatable bonds is 10. The first-order chi connectivity index (χ1) is 20.3. The van der Waals surface area contributed by atoms with Gasteiger partial charge in [0.25, 0.3) is 0 Å². The quantitative estimate of drug-likeness (QED) is 0.205. The summed E-state index contributed by atoms with van der Waals surface area (Å²) in [4.78, 5) is 22.2. The van der Waals surface area contributed by atoms with Gasteiger partial charge in [0, 0.05) is 60.7 Å². The minimum absolute atomic E-state index is 0.0362. The van der Waals surface area contributed by atoms with Crippen molar-refractivity contribution in [3.8, 4) is 5.69 Å². The summed E-state index contributed by atoms with van der Waals surface area (Å²) in [6.07, 6.45) is 2.13. The zero-order valence-corrected chi connectivity index (χ0v) is 25.9. The van der Waals surface area contributed by atoms with Gasteiger partial charge >= 0.3 is 0 Å². The Balaban J connectivity index is 1.46. The van der Waals surface area contributed by atoms with Crippen LogP contribution in [0.25, 0.3) is 5.69 Å². The van der Waals surface area contributed by atoms with Gasteiger partial charge in [0.2, 0.25) is 5.91 Å². The summed E-state index contributed by atoms with van der Waals surface area (Å²) in [6, 6.07) is 24.6. The number of amides is 1. The van der Waals surface area contributed by atoms with E-state index in [-0.39, 0.29) is 18.0 Å². The predicted molar refractivity (Wildman–Crippen MR) is 175 cm³/mol. The van der Waals surface area contributed by atoms with Crippen molar-refractivity contribution in [2.75, 3.05) is 29.9 Å². The molecule has 4 aromatic rings. The fourth-order valence-electron chi connectivity index (χ4n) is 6.02. The van der Waals surface area contributed by atoms with Gasteiger partial charge in [0.1, 0.15) is 0 Å². The second-order valence-electron chi connectivity index (χ2n) is 10.8. The average molecular weight is 581 g/mol. The molecule has 2 aromatic carbocycles. The van der Waals surface area contributed by atoms with Crippen molar-refractivity contribution in [1.29, 1.82) is 0 Å². The molecule has 0 spiro atoms. The normalized spacial score (nSPS) is 16.4. The molecule has 0 radical (unpaired) electrons.